The molecule has 5 nitrogen and oxygen atoms in total. The van der Waals surface area contributed by atoms with Gasteiger partial charge in [0.15, 0.2) is 14.6 Å². The number of hydrogen-bond acceptors (Lipinski definition) is 5. The quantitative estimate of drug-likeness (QED) is 0.398. The second kappa shape index (κ2) is 7.27. The second-order valence-corrected chi connectivity index (χ2v) is 15.2. The van der Waals surface area contributed by atoms with Crippen molar-refractivity contribution in [3.63, 3.8) is 0 Å². The molecular formula is C21H37NO4Si. The lowest BCUT2D eigenvalue weighted by atomic mass is 9.60. The minimum absolute atomic E-state index is 0.0375. The summed E-state index contributed by atoms with van der Waals surface area (Å²) >= 11 is 0. The number of rotatable bonds is 5. The first-order chi connectivity index (χ1) is 12.5. The van der Waals surface area contributed by atoms with E-state index in [0.717, 1.165) is 45.2 Å². The summed E-state index contributed by atoms with van der Waals surface area (Å²) in [6.45, 7) is 14.6. The van der Waals surface area contributed by atoms with Gasteiger partial charge >= 0.3 is 5.97 Å². The highest BCUT2D eigenvalue weighted by atomic mass is 28.4. The maximum Gasteiger partial charge on any atom is 0.304 e. The Balaban J connectivity index is 1.85. The van der Waals surface area contributed by atoms with E-state index >= 15 is 0 Å². The molecule has 0 aromatic heterocycles. The van der Waals surface area contributed by atoms with Gasteiger partial charge in [-0.05, 0) is 62.3 Å². The molecular weight excluding hydrogens is 358 g/mol. The maximum absolute atomic E-state index is 12.5. The number of carbonyl (C=O) groups is 2. The van der Waals surface area contributed by atoms with Crippen LogP contribution in [0.2, 0.25) is 18.1 Å². The molecule has 2 unspecified atom stereocenters. The van der Waals surface area contributed by atoms with E-state index in [1.165, 1.54) is 6.92 Å². The largest absolute Gasteiger partial charge is 0.437 e. The fourth-order valence-corrected chi connectivity index (χ4v) is 6.47. The summed E-state index contributed by atoms with van der Waals surface area (Å²) < 4.78 is 12.3. The average molecular weight is 396 g/mol. The molecule has 3 fully saturated rings. The number of ketones is 1. The Kier molecular flexibility index (Phi) is 5.65. The highest BCUT2D eigenvalue weighted by molar-refractivity contribution is 6.74. The molecule has 1 saturated carbocycles. The van der Waals surface area contributed by atoms with Crippen LogP contribution in [-0.4, -0.2) is 50.4 Å². The third-order valence-corrected chi connectivity index (χ3v) is 12.1. The molecule has 154 valence electrons. The topological polar surface area (TPSA) is 55.8 Å². The van der Waals surface area contributed by atoms with Crippen LogP contribution in [0.1, 0.15) is 66.2 Å². The molecule has 4 atom stereocenters. The van der Waals surface area contributed by atoms with Crippen molar-refractivity contribution in [2.45, 2.75) is 96.7 Å². The normalized spacial score (nSPS) is 32.9. The van der Waals surface area contributed by atoms with Gasteiger partial charge in [-0.25, -0.2) is 0 Å². The van der Waals surface area contributed by atoms with Crippen molar-refractivity contribution in [2.24, 2.45) is 11.3 Å². The SMILES string of the molecule is CC(=O)OC(C[C@]12CCCN3CCC(C(=O)CC1)[C@@H]32)O[Si](C)(C)C(C)(C)C. The fraction of sp³-hybridized carbons (Fsp3) is 0.905. The van der Waals surface area contributed by atoms with Crippen molar-refractivity contribution in [2.75, 3.05) is 13.1 Å². The number of carbonyl (C=O) groups excluding carboxylic acids is 2. The molecule has 1 aliphatic carbocycles. The van der Waals surface area contributed by atoms with E-state index in [0.29, 0.717) is 18.2 Å². The van der Waals surface area contributed by atoms with Crippen LogP contribution in [0.5, 0.6) is 0 Å². The summed E-state index contributed by atoms with van der Waals surface area (Å²) in [5, 5.41) is 0.0556. The van der Waals surface area contributed by atoms with Crippen LogP contribution >= 0.6 is 0 Å². The summed E-state index contributed by atoms with van der Waals surface area (Å²) in [6.07, 6.45) is 5.05. The summed E-state index contributed by atoms with van der Waals surface area (Å²) in [6, 6.07) is 0.313. The Morgan fingerprint density at radius 2 is 2.00 bits per heavy atom. The lowest BCUT2D eigenvalue weighted by Gasteiger charge is -2.53. The standard InChI is InChI=1S/C21H37NO4Si/c1-15(23)25-18(26-27(5,6)20(2,3)4)14-21-10-7-12-22-13-9-16(19(21)22)17(24)8-11-21/h16,18-19H,7-14H2,1-6H3/t16?,18?,19-,21+/m1/s1. The molecule has 0 spiro atoms. The van der Waals surface area contributed by atoms with Crippen molar-refractivity contribution >= 4 is 20.1 Å². The molecule has 0 aromatic rings. The molecule has 2 aliphatic heterocycles. The average Bonchev–Trinajstić information content (AvgIpc) is 2.96. The molecule has 0 radical (unpaired) electrons. The highest BCUT2D eigenvalue weighted by Gasteiger charge is 2.57. The number of nitrogens with zero attached hydrogens (tertiary/aromatic N) is 1. The molecule has 2 saturated heterocycles. The van der Waals surface area contributed by atoms with Gasteiger partial charge in [0.1, 0.15) is 5.78 Å². The number of esters is 1. The van der Waals surface area contributed by atoms with E-state index in [-0.39, 0.29) is 22.3 Å². The van der Waals surface area contributed by atoms with Gasteiger partial charge in [-0.2, -0.15) is 0 Å². The van der Waals surface area contributed by atoms with Crippen LogP contribution in [0.3, 0.4) is 0 Å². The Bertz CT molecular complexity index is 599. The predicted octanol–water partition coefficient (Wildman–Crippen LogP) is 4.12. The van der Waals surface area contributed by atoms with Crippen molar-refractivity contribution in [3.05, 3.63) is 0 Å². The Morgan fingerprint density at radius 1 is 1.30 bits per heavy atom. The maximum atomic E-state index is 12.5. The predicted molar refractivity (Wildman–Crippen MR) is 108 cm³/mol. The van der Waals surface area contributed by atoms with E-state index in [4.69, 9.17) is 9.16 Å². The van der Waals surface area contributed by atoms with Crippen LogP contribution < -0.4 is 0 Å². The van der Waals surface area contributed by atoms with Gasteiger partial charge in [0.2, 0.25) is 0 Å². The van der Waals surface area contributed by atoms with Gasteiger partial charge < -0.3 is 9.16 Å². The molecule has 0 N–H and O–H groups in total. The molecule has 0 aromatic carbocycles. The molecule has 27 heavy (non-hydrogen) atoms. The monoisotopic (exact) mass is 395 g/mol. The summed E-state index contributed by atoms with van der Waals surface area (Å²) in [4.78, 5) is 26.9. The summed E-state index contributed by atoms with van der Waals surface area (Å²) in [5.74, 6) is 0.330. The first-order valence-electron chi connectivity index (χ1n) is 10.6. The molecule has 3 aliphatic rings. The van der Waals surface area contributed by atoms with E-state index < -0.39 is 14.6 Å². The molecule has 3 rings (SSSR count). The minimum atomic E-state index is -2.07. The lowest BCUT2D eigenvalue weighted by molar-refractivity contribution is -0.174. The first-order valence-corrected chi connectivity index (χ1v) is 13.5. The van der Waals surface area contributed by atoms with Crippen molar-refractivity contribution in [1.29, 1.82) is 0 Å². The van der Waals surface area contributed by atoms with Gasteiger partial charge in [0, 0.05) is 31.7 Å². The van der Waals surface area contributed by atoms with E-state index in [2.05, 4.69) is 38.8 Å². The number of Topliss-reactive ketones (excluding diaryl/α,β-unsaturated/α-hetero) is 1. The Hall–Kier alpha value is -0.723. The zero-order valence-electron chi connectivity index (χ0n) is 18.0. The third kappa shape index (κ3) is 4.03. The zero-order chi connectivity index (χ0) is 20.0. The zero-order valence-corrected chi connectivity index (χ0v) is 19.0. The molecule has 2 heterocycles. The van der Waals surface area contributed by atoms with Crippen molar-refractivity contribution in [3.8, 4) is 0 Å². The van der Waals surface area contributed by atoms with E-state index in [9.17, 15) is 9.59 Å². The lowest BCUT2D eigenvalue weighted by Crippen LogP contribution is -2.57. The molecule has 0 bridgehead atoms. The summed E-state index contributed by atoms with van der Waals surface area (Å²) in [5.41, 5.74) is 0.0375. The van der Waals surface area contributed by atoms with Crippen LogP contribution in [0.4, 0.5) is 0 Å². The van der Waals surface area contributed by atoms with Crippen LogP contribution in [0.25, 0.3) is 0 Å². The number of hydrogen-bond donors (Lipinski definition) is 0. The molecule has 0 amide bonds. The number of ether oxygens (including phenoxy) is 1. The van der Waals surface area contributed by atoms with Crippen LogP contribution in [0, 0.1) is 11.3 Å². The van der Waals surface area contributed by atoms with Gasteiger partial charge in [-0.3, -0.25) is 14.5 Å². The fourth-order valence-electron chi connectivity index (χ4n) is 5.33. The molecule has 6 heteroatoms. The Morgan fingerprint density at radius 3 is 2.63 bits per heavy atom. The second-order valence-electron chi connectivity index (χ2n) is 10.4. The number of piperidine rings is 1. The smallest absolute Gasteiger partial charge is 0.304 e. The highest BCUT2D eigenvalue weighted by Crippen LogP contribution is 2.54. The van der Waals surface area contributed by atoms with E-state index in [1.807, 2.05) is 0 Å². The van der Waals surface area contributed by atoms with Gasteiger partial charge in [-0.1, -0.05) is 20.8 Å². The van der Waals surface area contributed by atoms with Crippen molar-refractivity contribution in [1.82, 2.24) is 4.90 Å². The first kappa shape index (κ1) is 21.0. The van der Waals surface area contributed by atoms with Gasteiger partial charge in [0.05, 0.1) is 0 Å². The summed E-state index contributed by atoms with van der Waals surface area (Å²) in [7, 11) is -2.07. The van der Waals surface area contributed by atoms with E-state index in [1.54, 1.807) is 0 Å². The van der Waals surface area contributed by atoms with Gasteiger partial charge in [0.25, 0.3) is 0 Å². The third-order valence-electron chi connectivity index (χ3n) is 7.63. The van der Waals surface area contributed by atoms with Gasteiger partial charge in [-0.15, -0.1) is 0 Å². The van der Waals surface area contributed by atoms with Crippen LogP contribution in [-0.2, 0) is 18.8 Å². The van der Waals surface area contributed by atoms with Crippen molar-refractivity contribution < 1.29 is 18.8 Å². The Labute approximate surface area is 165 Å². The minimum Gasteiger partial charge on any atom is -0.437 e. The van der Waals surface area contributed by atoms with Crippen LogP contribution in [0.15, 0.2) is 0 Å².